The third kappa shape index (κ3) is 3.83. The number of amides is 1. The van der Waals surface area contributed by atoms with Crippen molar-refractivity contribution in [3.05, 3.63) is 80.9 Å². The lowest BCUT2D eigenvalue weighted by Gasteiger charge is -2.17. The minimum atomic E-state index is -1.08. The molecule has 7 heteroatoms. The van der Waals surface area contributed by atoms with Gasteiger partial charge in [-0.15, -0.1) is 11.3 Å². The summed E-state index contributed by atoms with van der Waals surface area (Å²) in [6, 6.07) is 11.6. The monoisotopic (exact) mass is 383 g/mol. The first-order valence-electron chi connectivity index (χ1n) is 8.13. The zero-order chi connectivity index (χ0) is 19.6. The van der Waals surface area contributed by atoms with Crippen molar-refractivity contribution < 1.29 is 23.9 Å². The van der Waals surface area contributed by atoms with Gasteiger partial charge in [-0.25, -0.2) is 4.79 Å². The maximum atomic E-state index is 12.9. The second-order valence-electron chi connectivity index (χ2n) is 6.00. The Kier molecular flexibility index (Phi) is 5.23. The Balaban J connectivity index is 1.84. The predicted molar refractivity (Wildman–Crippen MR) is 100 cm³/mol. The predicted octanol–water partition coefficient (Wildman–Crippen LogP) is 3.85. The number of hydrogen-bond acceptors (Lipinski definition) is 5. The number of carboxylic acid groups (broad SMARTS) is 1. The summed E-state index contributed by atoms with van der Waals surface area (Å²) in [7, 11) is 1.58. The van der Waals surface area contributed by atoms with E-state index >= 15 is 0 Å². The molecule has 1 aromatic carbocycles. The van der Waals surface area contributed by atoms with Crippen molar-refractivity contribution >= 4 is 29.0 Å². The molecule has 138 valence electrons. The quantitative estimate of drug-likeness (QED) is 0.653. The third-order valence-corrected chi connectivity index (χ3v) is 4.95. The van der Waals surface area contributed by atoms with Crippen LogP contribution in [0.25, 0.3) is 0 Å². The molecule has 0 bridgehead atoms. The summed E-state index contributed by atoms with van der Waals surface area (Å²) in [6.07, 6.45) is 0. The average molecular weight is 383 g/mol. The van der Waals surface area contributed by atoms with Gasteiger partial charge in [0.25, 0.3) is 5.91 Å². The van der Waals surface area contributed by atoms with Crippen LogP contribution in [0.15, 0.2) is 52.3 Å². The van der Waals surface area contributed by atoms with Crippen LogP contribution in [0.2, 0.25) is 0 Å². The van der Waals surface area contributed by atoms with Gasteiger partial charge < -0.3 is 14.4 Å². The van der Waals surface area contributed by atoms with E-state index in [4.69, 9.17) is 9.52 Å². The average Bonchev–Trinajstić information content (AvgIpc) is 3.30. The molecule has 1 amide bonds. The maximum Gasteiger partial charge on any atom is 0.339 e. The van der Waals surface area contributed by atoms with Gasteiger partial charge in [0.2, 0.25) is 5.78 Å². The fourth-order valence-corrected chi connectivity index (χ4v) is 3.43. The molecule has 3 rings (SSSR count). The summed E-state index contributed by atoms with van der Waals surface area (Å²) >= 11 is 1.32. The highest BCUT2D eigenvalue weighted by molar-refractivity contribution is 7.12. The van der Waals surface area contributed by atoms with E-state index in [0.717, 1.165) is 0 Å². The Morgan fingerprint density at radius 1 is 1.07 bits per heavy atom. The van der Waals surface area contributed by atoms with Gasteiger partial charge in [-0.05, 0) is 30.5 Å². The molecule has 0 aliphatic carbocycles. The molecular weight excluding hydrogens is 366 g/mol. The molecule has 2 aromatic heterocycles. The third-order valence-electron chi connectivity index (χ3n) is 4.09. The van der Waals surface area contributed by atoms with E-state index in [2.05, 4.69) is 0 Å². The molecule has 1 N–H and O–H groups in total. The molecule has 0 spiro atoms. The van der Waals surface area contributed by atoms with Gasteiger partial charge in [-0.2, -0.15) is 0 Å². The normalized spacial score (nSPS) is 10.6. The largest absolute Gasteiger partial charge is 0.478 e. The summed E-state index contributed by atoms with van der Waals surface area (Å²) in [6.45, 7) is 1.65. The molecule has 0 saturated carbocycles. The van der Waals surface area contributed by atoms with E-state index in [0.29, 0.717) is 21.8 Å². The molecule has 0 aliphatic heterocycles. The lowest BCUT2D eigenvalue weighted by Crippen LogP contribution is -2.27. The van der Waals surface area contributed by atoms with Crippen molar-refractivity contribution in [1.82, 2.24) is 4.90 Å². The van der Waals surface area contributed by atoms with Crippen molar-refractivity contribution in [2.75, 3.05) is 7.05 Å². The topological polar surface area (TPSA) is 87.8 Å². The van der Waals surface area contributed by atoms with Crippen LogP contribution in [0.3, 0.4) is 0 Å². The van der Waals surface area contributed by atoms with Crippen LogP contribution < -0.4 is 0 Å². The Hall–Kier alpha value is -3.19. The lowest BCUT2D eigenvalue weighted by atomic mass is 10.0. The molecule has 0 aliphatic rings. The molecule has 0 fully saturated rings. The Morgan fingerprint density at radius 2 is 1.78 bits per heavy atom. The number of furan rings is 1. The number of nitrogens with zero attached hydrogens (tertiary/aromatic N) is 1. The van der Waals surface area contributed by atoms with Crippen LogP contribution in [0.4, 0.5) is 0 Å². The van der Waals surface area contributed by atoms with Crippen molar-refractivity contribution in [2.24, 2.45) is 0 Å². The number of carbonyl (C=O) groups is 3. The highest BCUT2D eigenvalue weighted by atomic mass is 32.1. The number of benzene rings is 1. The first-order chi connectivity index (χ1) is 12.9. The van der Waals surface area contributed by atoms with Gasteiger partial charge in [0.15, 0.2) is 0 Å². The highest BCUT2D eigenvalue weighted by Gasteiger charge is 2.22. The number of carbonyl (C=O) groups excluding carboxylic acids is 2. The molecule has 6 nitrogen and oxygen atoms in total. The zero-order valence-electron chi connectivity index (χ0n) is 14.8. The molecule has 27 heavy (non-hydrogen) atoms. The fraction of sp³-hybridized carbons (Fsp3) is 0.150. The van der Waals surface area contributed by atoms with Gasteiger partial charge in [0, 0.05) is 12.6 Å². The van der Waals surface area contributed by atoms with E-state index < -0.39 is 5.97 Å². The summed E-state index contributed by atoms with van der Waals surface area (Å²) < 4.78 is 5.43. The molecule has 0 unspecified atom stereocenters. The van der Waals surface area contributed by atoms with Gasteiger partial charge in [0.05, 0.1) is 17.0 Å². The second kappa shape index (κ2) is 7.59. The second-order valence-corrected chi connectivity index (χ2v) is 6.95. The highest BCUT2D eigenvalue weighted by Crippen LogP contribution is 2.21. The van der Waals surface area contributed by atoms with Crippen LogP contribution in [0, 0.1) is 6.92 Å². The van der Waals surface area contributed by atoms with Crippen molar-refractivity contribution in [3.63, 3.8) is 0 Å². The first kappa shape index (κ1) is 18.6. The van der Waals surface area contributed by atoms with E-state index in [-0.39, 0.29) is 29.6 Å². The molecule has 3 aromatic rings. The number of rotatable bonds is 6. The Bertz CT molecular complexity index is 1000. The van der Waals surface area contributed by atoms with Crippen molar-refractivity contribution in [2.45, 2.75) is 13.5 Å². The number of thiophene rings is 1. The first-order valence-corrected chi connectivity index (χ1v) is 9.01. The van der Waals surface area contributed by atoms with E-state index in [1.54, 1.807) is 50.4 Å². The van der Waals surface area contributed by atoms with Crippen LogP contribution in [0.1, 0.15) is 47.5 Å². The molecule has 0 radical (unpaired) electrons. The summed E-state index contributed by atoms with van der Waals surface area (Å²) in [5.41, 5.74) is 0.693. The number of aromatic carboxylic acids is 1. The smallest absolute Gasteiger partial charge is 0.339 e. The van der Waals surface area contributed by atoms with Crippen LogP contribution in [-0.2, 0) is 6.54 Å². The maximum absolute atomic E-state index is 12.9. The van der Waals surface area contributed by atoms with Crippen LogP contribution in [0.5, 0.6) is 0 Å². The number of aryl methyl sites for hydroxylation is 1. The minimum Gasteiger partial charge on any atom is -0.478 e. The van der Waals surface area contributed by atoms with Gasteiger partial charge in [-0.3, -0.25) is 9.59 Å². The standard InChI is InChI=1S/C20H17NO5S/c1-12-16(20(24)25)10-13(26-12)11-21(2)19(23)15-7-4-3-6-14(15)18(22)17-8-5-9-27-17/h3-10H,11H2,1-2H3,(H,24,25). The number of hydrogen-bond donors (Lipinski definition) is 1. The van der Waals surface area contributed by atoms with Gasteiger partial charge in [-0.1, -0.05) is 24.3 Å². The lowest BCUT2D eigenvalue weighted by molar-refractivity contribution is 0.0694. The number of ketones is 1. The van der Waals surface area contributed by atoms with E-state index in [9.17, 15) is 14.4 Å². The summed E-state index contributed by atoms with van der Waals surface area (Å²) in [5, 5.41) is 10.9. The Morgan fingerprint density at radius 3 is 2.37 bits per heavy atom. The molecular formula is C20H17NO5S. The fourth-order valence-electron chi connectivity index (χ4n) is 2.75. The van der Waals surface area contributed by atoms with E-state index in [1.165, 1.54) is 22.3 Å². The minimum absolute atomic E-state index is 0.0686. The van der Waals surface area contributed by atoms with Gasteiger partial charge in [0.1, 0.15) is 17.1 Å². The Labute approximate surface area is 159 Å². The molecule has 2 heterocycles. The van der Waals surface area contributed by atoms with Crippen molar-refractivity contribution in [3.8, 4) is 0 Å². The van der Waals surface area contributed by atoms with Gasteiger partial charge >= 0.3 is 5.97 Å². The van der Waals surface area contributed by atoms with Crippen LogP contribution >= 0.6 is 11.3 Å². The number of carboxylic acids is 1. The zero-order valence-corrected chi connectivity index (χ0v) is 15.6. The molecule has 0 atom stereocenters. The summed E-state index contributed by atoms with van der Waals surface area (Å²) in [4.78, 5) is 38.7. The van der Waals surface area contributed by atoms with Crippen molar-refractivity contribution in [1.29, 1.82) is 0 Å². The van der Waals surface area contributed by atoms with Crippen LogP contribution in [-0.4, -0.2) is 34.7 Å². The molecule has 0 saturated heterocycles. The summed E-state index contributed by atoms with van der Waals surface area (Å²) in [5.74, 6) is -0.983. The SMILES string of the molecule is Cc1oc(CN(C)C(=O)c2ccccc2C(=O)c2cccs2)cc1C(=O)O. The van der Waals surface area contributed by atoms with E-state index in [1.807, 2.05) is 5.38 Å².